The lowest BCUT2D eigenvalue weighted by molar-refractivity contribution is -0.131. The molecule has 0 aromatic rings. The van der Waals surface area contributed by atoms with Gasteiger partial charge in [0.05, 0.1) is 0 Å². The molecule has 110 valence electrons. The van der Waals surface area contributed by atoms with Gasteiger partial charge in [0.15, 0.2) is 0 Å². The molecule has 0 saturated carbocycles. The summed E-state index contributed by atoms with van der Waals surface area (Å²) >= 11 is 0. The number of nitrogens with one attached hydrogen (secondary N) is 2. The van der Waals surface area contributed by atoms with Gasteiger partial charge in [-0.15, -0.1) is 0 Å². The first-order valence-electron chi connectivity index (χ1n) is 7.45. The number of carbonyl (C=O) groups is 2. The van der Waals surface area contributed by atoms with E-state index >= 15 is 0 Å². The average Bonchev–Trinajstić information content (AvgIpc) is 2.67. The van der Waals surface area contributed by atoms with Crippen LogP contribution in [0.2, 0.25) is 0 Å². The van der Waals surface area contributed by atoms with Gasteiger partial charge in [0, 0.05) is 32.1 Å². The molecule has 5 nitrogen and oxygen atoms in total. The lowest BCUT2D eigenvalue weighted by atomic mass is 10.2. The molecule has 1 atom stereocenters. The molecule has 3 amide bonds. The van der Waals surface area contributed by atoms with Crippen LogP contribution in [0.25, 0.3) is 0 Å². The molecule has 5 heteroatoms. The third-order valence-electron chi connectivity index (χ3n) is 3.57. The zero-order valence-electron chi connectivity index (χ0n) is 12.2. The second-order valence-corrected chi connectivity index (χ2v) is 5.25. The number of likely N-dealkylation sites (tertiary alicyclic amines) is 1. The molecule has 1 unspecified atom stereocenters. The van der Waals surface area contributed by atoms with E-state index in [9.17, 15) is 9.59 Å². The number of hydrogen-bond acceptors (Lipinski definition) is 2. The molecule has 0 spiro atoms. The summed E-state index contributed by atoms with van der Waals surface area (Å²) in [7, 11) is 0. The van der Waals surface area contributed by atoms with Crippen molar-refractivity contribution in [3.63, 3.8) is 0 Å². The van der Waals surface area contributed by atoms with E-state index in [1.54, 1.807) is 0 Å². The molecule has 1 aliphatic rings. The van der Waals surface area contributed by atoms with Crippen molar-refractivity contribution in [1.29, 1.82) is 0 Å². The maximum absolute atomic E-state index is 12.0. The van der Waals surface area contributed by atoms with Gasteiger partial charge in [-0.25, -0.2) is 4.79 Å². The van der Waals surface area contributed by atoms with E-state index in [1.165, 1.54) is 12.8 Å². The van der Waals surface area contributed by atoms with E-state index in [-0.39, 0.29) is 18.0 Å². The summed E-state index contributed by atoms with van der Waals surface area (Å²) in [5.41, 5.74) is 0. The molecular weight excluding hydrogens is 242 g/mol. The van der Waals surface area contributed by atoms with Crippen molar-refractivity contribution < 1.29 is 9.59 Å². The first-order valence-corrected chi connectivity index (χ1v) is 7.45. The molecular formula is C14H27N3O2. The first kappa shape index (κ1) is 15.8. The topological polar surface area (TPSA) is 61.4 Å². The van der Waals surface area contributed by atoms with E-state index in [1.807, 2.05) is 18.7 Å². The van der Waals surface area contributed by atoms with Gasteiger partial charge >= 0.3 is 6.03 Å². The number of carbonyl (C=O) groups excluding carboxylic acids is 2. The van der Waals surface area contributed by atoms with E-state index in [0.29, 0.717) is 13.0 Å². The minimum Gasteiger partial charge on any atom is -0.343 e. The van der Waals surface area contributed by atoms with Crippen molar-refractivity contribution >= 4 is 11.9 Å². The minimum absolute atomic E-state index is 0.158. The van der Waals surface area contributed by atoms with Gasteiger partial charge in [-0.2, -0.15) is 0 Å². The highest BCUT2D eigenvalue weighted by atomic mass is 16.2. The van der Waals surface area contributed by atoms with E-state index in [0.717, 1.165) is 32.4 Å². The Hall–Kier alpha value is -1.26. The molecule has 1 rings (SSSR count). The summed E-state index contributed by atoms with van der Waals surface area (Å²) in [6.45, 7) is 6.14. The number of nitrogens with zero attached hydrogens (tertiary/aromatic N) is 1. The standard InChI is InChI=1S/C14H27N3O2/c1-3-12(2)16-14(19)15-9-8-13(18)17-10-6-4-5-7-11-17/h12H,3-11H2,1-2H3,(H2,15,16,19). The van der Waals surface area contributed by atoms with Crippen LogP contribution in [-0.2, 0) is 4.79 Å². The molecule has 19 heavy (non-hydrogen) atoms. The molecule has 1 fully saturated rings. The average molecular weight is 269 g/mol. The third kappa shape index (κ3) is 6.45. The highest BCUT2D eigenvalue weighted by Crippen LogP contribution is 2.10. The number of hydrogen-bond donors (Lipinski definition) is 2. The molecule has 0 aromatic carbocycles. The van der Waals surface area contributed by atoms with E-state index in [4.69, 9.17) is 0 Å². The SMILES string of the molecule is CCC(C)NC(=O)NCCC(=O)N1CCCCCC1. The Bertz CT molecular complexity index is 286. The van der Waals surface area contributed by atoms with Gasteiger partial charge in [-0.3, -0.25) is 4.79 Å². The van der Waals surface area contributed by atoms with E-state index < -0.39 is 0 Å². The Balaban J connectivity index is 2.17. The largest absolute Gasteiger partial charge is 0.343 e. The van der Waals surface area contributed by atoms with Crippen LogP contribution in [-0.4, -0.2) is 42.5 Å². The Kier molecular flexibility index (Phi) is 7.30. The van der Waals surface area contributed by atoms with Gasteiger partial charge in [-0.1, -0.05) is 19.8 Å². The van der Waals surface area contributed by atoms with Crippen LogP contribution in [0, 0.1) is 0 Å². The van der Waals surface area contributed by atoms with Gasteiger partial charge < -0.3 is 15.5 Å². The molecule has 0 aliphatic carbocycles. The quantitative estimate of drug-likeness (QED) is 0.800. The van der Waals surface area contributed by atoms with Crippen LogP contribution in [0.5, 0.6) is 0 Å². The Morgan fingerprint density at radius 1 is 1.16 bits per heavy atom. The fourth-order valence-electron chi connectivity index (χ4n) is 2.14. The summed E-state index contributed by atoms with van der Waals surface area (Å²) < 4.78 is 0. The fourth-order valence-corrected chi connectivity index (χ4v) is 2.14. The van der Waals surface area contributed by atoms with Crippen LogP contribution in [0.15, 0.2) is 0 Å². The lowest BCUT2D eigenvalue weighted by Gasteiger charge is -2.20. The predicted octanol–water partition coefficient (Wildman–Crippen LogP) is 1.88. The summed E-state index contributed by atoms with van der Waals surface area (Å²) in [6, 6.07) is -0.0145. The zero-order valence-corrected chi connectivity index (χ0v) is 12.2. The summed E-state index contributed by atoms with van der Waals surface area (Å²) in [6.07, 6.45) is 5.95. The molecule has 0 radical (unpaired) electrons. The predicted molar refractivity (Wildman–Crippen MR) is 76.0 cm³/mol. The minimum atomic E-state index is -0.182. The number of rotatable bonds is 5. The third-order valence-corrected chi connectivity index (χ3v) is 3.57. The van der Waals surface area contributed by atoms with Crippen molar-refractivity contribution in [2.24, 2.45) is 0 Å². The van der Waals surface area contributed by atoms with Crippen LogP contribution in [0.4, 0.5) is 4.79 Å². The van der Waals surface area contributed by atoms with Gasteiger partial charge in [0.2, 0.25) is 5.91 Å². The second kappa shape index (κ2) is 8.77. The maximum atomic E-state index is 12.0. The van der Waals surface area contributed by atoms with Gasteiger partial charge in [0.25, 0.3) is 0 Å². The zero-order chi connectivity index (χ0) is 14.1. The fraction of sp³-hybridized carbons (Fsp3) is 0.857. The summed E-state index contributed by atoms with van der Waals surface area (Å²) in [4.78, 5) is 25.4. The lowest BCUT2D eigenvalue weighted by Crippen LogP contribution is -2.42. The van der Waals surface area contributed by atoms with Crippen molar-refractivity contribution in [2.45, 2.75) is 58.4 Å². The second-order valence-electron chi connectivity index (χ2n) is 5.25. The van der Waals surface area contributed by atoms with Crippen molar-refractivity contribution in [2.75, 3.05) is 19.6 Å². The van der Waals surface area contributed by atoms with Gasteiger partial charge in [0.1, 0.15) is 0 Å². The van der Waals surface area contributed by atoms with Crippen LogP contribution < -0.4 is 10.6 Å². The van der Waals surface area contributed by atoms with Crippen LogP contribution in [0.3, 0.4) is 0 Å². The van der Waals surface area contributed by atoms with Crippen LogP contribution >= 0.6 is 0 Å². The molecule has 0 aromatic heterocycles. The number of urea groups is 1. The molecule has 2 N–H and O–H groups in total. The smallest absolute Gasteiger partial charge is 0.315 e. The highest BCUT2D eigenvalue weighted by Gasteiger charge is 2.15. The Labute approximate surface area is 116 Å². The highest BCUT2D eigenvalue weighted by molar-refractivity contribution is 5.78. The first-order chi connectivity index (χ1) is 9.13. The monoisotopic (exact) mass is 269 g/mol. The van der Waals surface area contributed by atoms with E-state index in [2.05, 4.69) is 10.6 Å². The van der Waals surface area contributed by atoms with Crippen molar-refractivity contribution in [3.05, 3.63) is 0 Å². The van der Waals surface area contributed by atoms with Crippen molar-refractivity contribution in [1.82, 2.24) is 15.5 Å². The summed E-state index contributed by atoms with van der Waals surface area (Å²) in [5, 5.41) is 5.55. The van der Waals surface area contributed by atoms with Gasteiger partial charge in [-0.05, 0) is 26.2 Å². The molecule has 0 bridgehead atoms. The summed E-state index contributed by atoms with van der Waals surface area (Å²) in [5.74, 6) is 0.158. The molecule has 1 saturated heterocycles. The number of amides is 3. The van der Waals surface area contributed by atoms with Crippen LogP contribution in [0.1, 0.15) is 52.4 Å². The van der Waals surface area contributed by atoms with Crippen molar-refractivity contribution in [3.8, 4) is 0 Å². The Morgan fingerprint density at radius 3 is 2.37 bits per heavy atom. The maximum Gasteiger partial charge on any atom is 0.315 e. The normalized spacial score (nSPS) is 17.5. The Morgan fingerprint density at radius 2 is 1.79 bits per heavy atom. The molecule has 1 heterocycles. The molecule has 1 aliphatic heterocycles.